The minimum atomic E-state index is -4.87. The highest BCUT2D eigenvalue weighted by atomic mass is 19.4. The summed E-state index contributed by atoms with van der Waals surface area (Å²) < 4.78 is 84.9. The van der Waals surface area contributed by atoms with E-state index in [9.17, 15) is 35.9 Å². The Morgan fingerprint density at radius 2 is 1.74 bits per heavy atom. The van der Waals surface area contributed by atoms with Gasteiger partial charge in [-0.1, -0.05) is 13.8 Å². The molecule has 186 valence electrons. The number of fused-ring (bicyclic) bond motifs is 1. The van der Waals surface area contributed by atoms with E-state index in [-0.39, 0.29) is 17.7 Å². The maximum absolute atomic E-state index is 13.8. The van der Waals surface area contributed by atoms with Crippen molar-refractivity contribution in [3.63, 3.8) is 0 Å². The van der Waals surface area contributed by atoms with Gasteiger partial charge in [-0.3, -0.25) is 9.36 Å². The van der Waals surface area contributed by atoms with Crippen molar-refractivity contribution in [2.45, 2.75) is 45.5 Å². The number of ether oxygens (including phenoxy) is 1. The van der Waals surface area contributed by atoms with Crippen molar-refractivity contribution in [3.8, 4) is 0 Å². The van der Waals surface area contributed by atoms with Crippen LogP contribution in [0, 0.1) is 17.5 Å². The van der Waals surface area contributed by atoms with E-state index in [4.69, 9.17) is 5.73 Å². The second-order valence-electron chi connectivity index (χ2n) is 6.94. The first-order chi connectivity index (χ1) is 15.9. The number of carbonyl (C=O) groups is 2. The van der Waals surface area contributed by atoms with E-state index in [1.807, 2.05) is 13.8 Å². The predicted molar refractivity (Wildman–Crippen MR) is 108 cm³/mol. The summed E-state index contributed by atoms with van der Waals surface area (Å²) in [6.45, 7) is 3.56. The molecule has 1 aliphatic heterocycles. The fourth-order valence-electron chi connectivity index (χ4n) is 3.19. The average molecular weight is 492 g/mol. The van der Waals surface area contributed by atoms with E-state index in [1.165, 1.54) is 0 Å². The lowest BCUT2D eigenvalue weighted by atomic mass is 10.0. The second-order valence-corrected chi connectivity index (χ2v) is 6.94. The Labute approximate surface area is 190 Å². The van der Waals surface area contributed by atoms with E-state index < -0.39 is 66.0 Å². The molecule has 2 heterocycles. The number of carbonyl (C=O) groups excluding carboxylic acids is 2. The number of hydrogen-bond donors (Lipinski definition) is 1. The van der Waals surface area contributed by atoms with Gasteiger partial charge in [-0.15, -0.1) is 0 Å². The maximum Gasteiger partial charge on any atom is 0.450 e. The molecule has 0 radical (unpaired) electrons. The molecule has 34 heavy (non-hydrogen) atoms. The van der Waals surface area contributed by atoms with Crippen molar-refractivity contribution in [3.05, 3.63) is 58.6 Å². The number of imidazole rings is 1. The summed E-state index contributed by atoms with van der Waals surface area (Å²) in [6.07, 6.45) is -3.58. The average Bonchev–Trinajstić information content (AvgIpc) is 3.17. The van der Waals surface area contributed by atoms with Gasteiger partial charge >= 0.3 is 12.1 Å². The number of methoxy groups -OCH3 is 1. The Bertz CT molecular complexity index is 1100. The molecule has 0 aliphatic carbocycles. The van der Waals surface area contributed by atoms with Crippen LogP contribution in [0.4, 0.5) is 26.3 Å². The van der Waals surface area contributed by atoms with Gasteiger partial charge in [0.05, 0.1) is 19.3 Å². The van der Waals surface area contributed by atoms with Crippen molar-refractivity contribution in [1.82, 2.24) is 14.5 Å². The van der Waals surface area contributed by atoms with Crippen LogP contribution in [0.25, 0.3) is 6.20 Å². The fourth-order valence-corrected chi connectivity index (χ4v) is 3.19. The third-order valence-electron chi connectivity index (χ3n) is 4.69. The van der Waals surface area contributed by atoms with Gasteiger partial charge in [-0.25, -0.2) is 22.9 Å². The number of benzene rings is 1. The topological polar surface area (TPSA) is 90.5 Å². The minimum Gasteiger partial charge on any atom is -0.464 e. The van der Waals surface area contributed by atoms with Crippen molar-refractivity contribution in [2.75, 3.05) is 7.11 Å². The van der Waals surface area contributed by atoms with Gasteiger partial charge in [0.25, 0.3) is 0 Å². The first kappa shape index (κ1) is 26.9. The molecule has 2 aromatic rings. The van der Waals surface area contributed by atoms with Crippen LogP contribution < -0.4 is 5.73 Å². The SMILES string of the molecule is CC.COC(=O)c1nc(C(F)(F)F)n2c1CN(C(=O)CC(N)Cc1cc(F)c(F)cc1F)C=C2. The highest BCUT2D eigenvalue weighted by Crippen LogP contribution is 2.33. The fraction of sp³-hybridized carbons (Fsp3) is 0.381. The summed E-state index contributed by atoms with van der Waals surface area (Å²) in [5, 5.41) is 0. The lowest BCUT2D eigenvalue weighted by molar-refractivity contribution is -0.145. The number of hydrogen-bond acceptors (Lipinski definition) is 5. The van der Waals surface area contributed by atoms with Crippen LogP contribution in [0.15, 0.2) is 18.3 Å². The maximum atomic E-state index is 13.8. The zero-order chi connectivity index (χ0) is 25.8. The summed E-state index contributed by atoms with van der Waals surface area (Å²) >= 11 is 0. The van der Waals surface area contributed by atoms with E-state index in [0.29, 0.717) is 16.7 Å². The standard InChI is InChI=1S/C19H16F6N4O3.C2H6/c1-32-17(31)16-14-8-28(2-3-29(14)18(27-16)19(23,24)25)15(30)6-10(26)4-9-5-12(21)13(22)7-11(9)20;1-2/h2-3,5,7,10H,4,6,8,26H2,1H3;1-2H3. The van der Waals surface area contributed by atoms with Gasteiger partial charge in [-0.2, -0.15) is 13.2 Å². The summed E-state index contributed by atoms with van der Waals surface area (Å²) in [7, 11) is 0.972. The summed E-state index contributed by atoms with van der Waals surface area (Å²) in [5.41, 5.74) is 4.77. The number of amides is 1. The molecule has 0 bridgehead atoms. The number of nitrogens with two attached hydrogens (primary N) is 1. The molecule has 1 aromatic carbocycles. The zero-order valence-corrected chi connectivity index (χ0v) is 18.4. The molecule has 0 fully saturated rings. The van der Waals surface area contributed by atoms with Gasteiger partial charge in [0.15, 0.2) is 17.3 Å². The molecule has 7 nitrogen and oxygen atoms in total. The Morgan fingerprint density at radius 1 is 1.12 bits per heavy atom. The van der Waals surface area contributed by atoms with Crippen molar-refractivity contribution in [1.29, 1.82) is 0 Å². The Balaban J connectivity index is 0.00000199. The van der Waals surface area contributed by atoms with E-state index in [2.05, 4.69) is 9.72 Å². The normalized spacial score (nSPS) is 13.6. The number of rotatable bonds is 5. The van der Waals surface area contributed by atoms with E-state index >= 15 is 0 Å². The van der Waals surface area contributed by atoms with Gasteiger partial charge < -0.3 is 15.4 Å². The van der Waals surface area contributed by atoms with Crippen LogP contribution in [0.2, 0.25) is 0 Å². The number of alkyl halides is 3. The third-order valence-corrected chi connectivity index (χ3v) is 4.69. The summed E-state index contributed by atoms with van der Waals surface area (Å²) in [6, 6.07) is -0.0106. The van der Waals surface area contributed by atoms with Crippen LogP contribution in [-0.2, 0) is 28.7 Å². The highest BCUT2D eigenvalue weighted by Gasteiger charge is 2.41. The summed E-state index contributed by atoms with van der Waals surface area (Å²) in [5.74, 6) is -6.81. The number of halogens is 6. The molecule has 2 N–H and O–H groups in total. The molecule has 13 heteroatoms. The molecular weight excluding hydrogens is 470 g/mol. The van der Waals surface area contributed by atoms with E-state index in [0.717, 1.165) is 24.4 Å². The number of aromatic nitrogens is 2. The smallest absolute Gasteiger partial charge is 0.450 e. The van der Waals surface area contributed by atoms with Crippen LogP contribution >= 0.6 is 0 Å². The molecule has 1 unspecified atom stereocenters. The first-order valence-electron chi connectivity index (χ1n) is 10.1. The molecule has 0 saturated heterocycles. The van der Waals surface area contributed by atoms with Crippen LogP contribution in [0.3, 0.4) is 0 Å². The van der Waals surface area contributed by atoms with Crippen molar-refractivity contribution < 1.29 is 40.7 Å². The Kier molecular flexibility index (Phi) is 8.48. The Hall–Kier alpha value is -3.35. The number of nitrogens with zero attached hydrogens (tertiary/aromatic N) is 3. The zero-order valence-electron chi connectivity index (χ0n) is 18.4. The van der Waals surface area contributed by atoms with E-state index in [1.54, 1.807) is 0 Å². The molecule has 0 saturated carbocycles. The molecule has 1 amide bonds. The molecule has 3 rings (SSSR count). The highest BCUT2D eigenvalue weighted by molar-refractivity contribution is 5.89. The molecule has 0 spiro atoms. The quantitative estimate of drug-likeness (QED) is 0.389. The van der Waals surface area contributed by atoms with Gasteiger partial charge in [0, 0.05) is 30.9 Å². The number of esters is 1. The molecule has 1 aromatic heterocycles. The van der Waals surface area contributed by atoms with Gasteiger partial charge in [0.2, 0.25) is 11.7 Å². The largest absolute Gasteiger partial charge is 0.464 e. The van der Waals surface area contributed by atoms with Crippen LogP contribution in [-0.4, -0.2) is 39.5 Å². The molecule has 1 atom stereocenters. The molecular formula is C21H22F6N4O3. The lowest BCUT2D eigenvalue weighted by Gasteiger charge is -2.25. The van der Waals surface area contributed by atoms with Crippen LogP contribution in [0.5, 0.6) is 0 Å². The minimum absolute atomic E-state index is 0.222. The van der Waals surface area contributed by atoms with Crippen molar-refractivity contribution in [2.24, 2.45) is 5.73 Å². The monoisotopic (exact) mass is 492 g/mol. The third kappa shape index (κ3) is 5.76. The second kappa shape index (κ2) is 10.7. The predicted octanol–water partition coefficient (Wildman–Crippen LogP) is 3.86. The molecule has 1 aliphatic rings. The summed E-state index contributed by atoms with van der Waals surface area (Å²) in [4.78, 5) is 28.7. The lowest BCUT2D eigenvalue weighted by Crippen LogP contribution is -2.36. The van der Waals surface area contributed by atoms with Crippen molar-refractivity contribution >= 4 is 18.1 Å². The van der Waals surface area contributed by atoms with Gasteiger partial charge in [-0.05, 0) is 18.1 Å². The van der Waals surface area contributed by atoms with Crippen LogP contribution in [0.1, 0.15) is 47.8 Å². The van der Waals surface area contributed by atoms with Gasteiger partial charge in [0.1, 0.15) is 5.82 Å². The Morgan fingerprint density at radius 3 is 2.32 bits per heavy atom. The first-order valence-corrected chi connectivity index (χ1v) is 10.1.